The molecule has 13 heavy (non-hydrogen) atoms. The predicted molar refractivity (Wildman–Crippen MR) is 54.2 cm³/mol. The molecule has 1 aliphatic carbocycles. The standard InChI is InChI=1S/C10H12BrNO/c1-2-7-5-10(7,13)9-4-3-8(11)6-12-9/h3-4,6-7,13H,2,5H2,1H3. The number of hydrogen-bond acceptors (Lipinski definition) is 2. The lowest BCUT2D eigenvalue weighted by Gasteiger charge is -2.08. The molecule has 70 valence electrons. The lowest BCUT2D eigenvalue weighted by Crippen LogP contribution is -2.10. The van der Waals surface area contributed by atoms with Gasteiger partial charge in [-0.2, -0.15) is 0 Å². The molecule has 3 heteroatoms. The Morgan fingerprint density at radius 3 is 2.92 bits per heavy atom. The minimum absolute atomic E-state index is 0.404. The number of halogens is 1. The first-order valence-electron chi connectivity index (χ1n) is 4.51. The van der Waals surface area contributed by atoms with Crippen molar-refractivity contribution in [1.29, 1.82) is 0 Å². The maximum atomic E-state index is 10.1. The molecule has 0 bridgehead atoms. The van der Waals surface area contributed by atoms with Gasteiger partial charge in [0.1, 0.15) is 5.60 Å². The first-order chi connectivity index (χ1) is 6.16. The molecule has 0 saturated heterocycles. The van der Waals surface area contributed by atoms with E-state index >= 15 is 0 Å². The summed E-state index contributed by atoms with van der Waals surface area (Å²) < 4.78 is 0.952. The fraction of sp³-hybridized carbons (Fsp3) is 0.500. The van der Waals surface area contributed by atoms with E-state index in [0.29, 0.717) is 5.92 Å². The summed E-state index contributed by atoms with van der Waals surface area (Å²) in [6, 6.07) is 3.81. The van der Waals surface area contributed by atoms with Gasteiger partial charge in [-0.15, -0.1) is 0 Å². The van der Waals surface area contributed by atoms with E-state index in [0.717, 1.165) is 23.0 Å². The summed E-state index contributed by atoms with van der Waals surface area (Å²) in [5, 5.41) is 10.1. The van der Waals surface area contributed by atoms with Crippen molar-refractivity contribution in [3.63, 3.8) is 0 Å². The maximum Gasteiger partial charge on any atom is 0.110 e. The van der Waals surface area contributed by atoms with E-state index < -0.39 is 5.60 Å². The Bertz CT molecular complexity index is 311. The van der Waals surface area contributed by atoms with Gasteiger partial charge < -0.3 is 5.11 Å². The molecule has 1 aromatic rings. The third-order valence-corrected chi connectivity index (χ3v) is 3.21. The Hall–Kier alpha value is -0.410. The van der Waals surface area contributed by atoms with Crippen molar-refractivity contribution >= 4 is 15.9 Å². The highest BCUT2D eigenvalue weighted by atomic mass is 79.9. The van der Waals surface area contributed by atoms with Crippen LogP contribution in [0, 0.1) is 5.92 Å². The summed E-state index contributed by atoms with van der Waals surface area (Å²) in [7, 11) is 0. The molecule has 2 nitrogen and oxygen atoms in total. The third-order valence-electron chi connectivity index (χ3n) is 2.74. The van der Waals surface area contributed by atoms with Crippen molar-refractivity contribution in [2.24, 2.45) is 5.92 Å². The Morgan fingerprint density at radius 2 is 2.46 bits per heavy atom. The van der Waals surface area contributed by atoms with Crippen LogP contribution in [0.5, 0.6) is 0 Å². The Labute approximate surface area is 86.1 Å². The van der Waals surface area contributed by atoms with Gasteiger partial charge in [0.25, 0.3) is 0 Å². The molecule has 1 aliphatic rings. The van der Waals surface area contributed by atoms with Gasteiger partial charge in [0.15, 0.2) is 0 Å². The van der Waals surface area contributed by atoms with Gasteiger partial charge >= 0.3 is 0 Å². The predicted octanol–water partition coefficient (Wildman–Crippen LogP) is 2.46. The zero-order valence-electron chi connectivity index (χ0n) is 7.50. The number of aliphatic hydroxyl groups is 1. The van der Waals surface area contributed by atoms with Gasteiger partial charge in [-0.05, 0) is 40.4 Å². The maximum absolute atomic E-state index is 10.1. The number of pyridine rings is 1. The first-order valence-corrected chi connectivity index (χ1v) is 5.30. The molecule has 1 fully saturated rings. The highest BCUT2D eigenvalue weighted by molar-refractivity contribution is 9.10. The molecular weight excluding hydrogens is 230 g/mol. The average Bonchev–Trinajstić information content (AvgIpc) is 2.80. The number of rotatable bonds is 2. The summed E-state index contributed by atoms with van der Waals surface area (Å²) >= 11 is 3.32. The summed E-state index contributed by atoms with van der Waals surface area (Å²) in [5.41, 5.74) is 0.178. The van der Waals surface area contributed by atoms with Gasteiger partial charge in [-0.25, -0.2) is 0 Å². The lowest BCUT2D eigenvalue weighted by molar-refractivity contribution is 0.125. The molecule has 2 atom stereocenters. The van der Waals surface area contributed by atoms with E-state index in [9.17, 15) is 5.11 Å². The van der Waals surface area contributed by atoms with Gasteiger partial charge in [0.2, 0.25) is 0 Å². The topological polar surface area (TPSA) is 33.1 Å². The van der Waals surface area contributed by atoms with Crippen LogP contribution in [0.25, 0.3) is 0 Å². The molecule has 0 spiro atoms. The average molecular weight is 242 g/mol. The quantitative estimate of drug-likeness (QED) is 0.864. The van der Waals surface area contributed by atoms with Crippen molar-refractivity contribution in [2.45, 2.75) is 25.4 Å². The summed E-state index contributed by atoms with van der Waals surface area (Å²) in [6.07, 6.45) is 3.62. The molecule has 1 aromatic heterocycles. The molecule has 0 radical (unpaired) electrons. The summed E-state index contributed by atoms with van der Waals surface area (Å²) in [5.74, 6) is 0.404. The monoisotopic (exact) mass is 241 g/mol. The van der Waals surface area contributed by atoms with Crippen molar-refractivity contribution in [3.05, 3.63) is 28.5 Å². The normalized spacial score (nSPS) is 31.8. The smallest absolute Gasteiger partial charge is 0.110 e. The van der Waals surface area contributed by atoms with Crippen molar-refractivity contribution in [2.75, 3.05) is 0 Å². The molecule has 0 aromatic carbocycles. The van der Waals surface area contributed by atoms with Crippen molar-refractivity contribution in [3.8, 4) is 0 Å². The second kappa shape index (κ2) is 3.07. The second-order valence-electron chi connectivity index (χ2n) is 3.60. The number of aromatic nitrogens is 1. The Balaban J connectivity index is 2.23. The number of nitrogens with zero attached hydrogens (tertiary/aromatic N) is 1. The fourth-order valence-electron chi connectivity index (χ4n) is 1.74. The van der Waals surface area contributed by atoms with Crippen LogP contribution >= 0.6 is 15.9 Å². The van der Waals surface area contributed by atoms with Crippen LogP contribution in [0.3, 0.4) is 0 Å². The third kappa shape index (κ3) is 1.51. The molecule has 2 rings (SSSR count). The minimum atomic E-state index is -0.630. The van der Waals surface area contributed by atoms with Crippen molar-refractivity contribution < 1.29 is 5.11 Å². The molecule has 1 N–H and O–H groups in total. The van der Waals surface area contributed by atoms with Crippen LogP contribution < -0.4 is 0 Å². The van der Waals surface area contributed by atoms with E-state index in [1.807, 2.05) is 12.1 Å². The zero-order valence-corrected chi connectivity index (χ0v) is 9.08. The van der Waals surface area contributed by atoms with Crippen LogP contribution in [0.4, 0.5) is 0 Å². The van der Waals surface area contributed by atoms with E-state index in [-0.39, 0.29) is 0 Å². The van der Waals surface area contributed by atoms with Gasteiger partial charge in [-0.3, -0.25) is 4.98 Å². The Kier molecular flexibility index (Phi) is 2.16. The van der Waals surface area contributed by atoms with Crippen LogP contribution in [0.2, 0.25) is 0 Å². The van der Waals surface area contributed by atoms with E-state index in [1.54, 1.807) is 6.20 Å². The molecule has 0 aliphatic heterocycles. The van der Waals surface area contributed by atoms with Gasteiger partial charge in [0.05, 0.1) is 5.69 Å². The minimum Gasteiger partial charge on any atom is -0.383 e. The van der Waals surface area contributed by atoms with E-state index in [1.165, 1.54) is 0 Å². The zero-order chi connectivity index (χ0) is 9.47. The summed E-state index contributed by atoms with van der Waals surface area (Å²) in [4.78, 5) is 4.21. The molecule has 0 amide bonds. The highest BCUT2D eigenvalue weighted by Crippen LogP contribution is 2.52. The van der Waals surface area contributed by atoms with Crippen LogP contribution in [-0.2, 0) is 5.60 Å². The largest absolute Gasteiger partial charge is 0.383 e. The van der Waals surface area contributed by atoms with Gasteiger partial charge in [-0.1, -0.05) is 13.3 Å². The SMILES string of the molecule is CCC1CC1(O)c1ccc(Br)cn1. The molecule has 2 unspecified atom stereocenters. The van der Waals surface area contributed by atoms with E-state index in [2.05, 4.69) is 27.8 Å². The van der Waals surface area contributed by atoms with E-state index in [4.69, 9.17) is 0 Å². The molecule has 1 heterocycles. The lowest BCUT2D eigenvalue weighted by atomic mass is 10.1. The summed E-state index contributed by atoms with van der Waals surface area (Å²) in [6.45, 7) is 2.10. The molecule has 1 saturated carbocycles. The van der Waals surface area contributed by atoms with Crippen LogP contribution in [0.1, 0.15) is 25.5 Å². The first kappa shape index (κ1) is 9.16. The molecular formula is C10H12BrNO. The Morgan fingerprint density at radius 1 is 1.69 bits per heavy atom. The van der Waals surface area contributed by atoms with Crippen molar-refractivity contribution in [1.82, 2.24) is 4.98 Å². The highest BCUT2D eigenvalue weighted by Gasteiger charge is 2.53. The second-order valence-corrected chi connectivity index (χ2v) is 4.51. The number of hydrogen-bond donors (Lipinski definition) is 1. The van der Waals surface area contributed by atoms with Crippen LogP contribution in [0.15, 0.2) is 22.8 Å². The van der Waals surface area contributed by atoms with Crippen LogP contribution in [-0.4, -0.2) is 10.1 Å². The van der Waals surface area contributed by atoms with Gasteiger partial charge in [0, 0.05) is 10.7 Å². The fourth-order valence-corrected chi connectivity index (χ4v) is 1.98.